The van der Waals surface area contributed by atoms with Crippen molar-refractivity contribution in [3.05, 3.63) is 35.4 Å². The first-order chi connectivity index (χ1) is 8.78. The van der Waals surface area contributed by atoms with Gasteiger partial charge >= 0.3 is 0 Å². The van der Waals surface area contributed by atoms with E-state index in [4.69, 9.17) is 4.74 Å². The van der Waals surface area contributed by atoms with Crippen LogP contribution < -0.4 is 5.32 Å². The third kappa shape index (κ3) is 3.84. The topological polar surface area (TPSA) is 38.3 Å². The summed E-state index contributed by atoms with van der Waals surface area (Å²) < 4.78 is 5.47. The van der Waals surface area contributed by atoms with E-state index in [1.807, 2.05) is 12.1 Å². The van der Waals surface area contributed by atoms with Crippen molar-refractivity contribution in [2.45, 2.75) is 38.7 Å². The number of hydrogen-bond donors (Lipinski definition) is 1. The average Bonchev–Trinajstić information content (AvgIpc) is 2.90. The average molecular weight is 247 g/mol. The smallest absolute Gasteiger partial charge is 0.224 e. The highest BCUT2D eigenvalue weighted by Gasteiger charge is 2.16. The van der Waals surface area contributed by atoms with Gasteiger partial charge in [0.1, 0.15) is 0 Å². The molecule has 3 nitrogen and oxygen atoms in total. The number of ether oxygens (including phenoxy) is 1. The van der Waals surface area contributed by atoms with E-state index in [2.05, 4.69) is 24.4 Å². The first-order valence-electron chi connectivity index (χ1n) is 6.74. The largest absolute Gasteiger partial charge is 0.376 e. The Balaban J connectivity index is 1.75. The highest BCUT2D eigenvalue weighted by molar-refractivity contribution is 5.78. The molecule has 1 N–H and O–H groups in total. The molecular formula is C15H21NO2. The number of amides is 1. The summed E-state index contributed by atoms with van der Waals surface area (Å²) in [5.41, 5.74) is 2.37. The van der Waals surface area contributed by atoms with Crippen LogP contribution >= 0.6 is 0 Å². The Bertz CT molecular complexity index is 380. The van der Waals surface area contributed by atoms with Crippen LogP contribution in [-0.4, -0.2) is 25.2 Å². The second-order valence-corrected chi connectivity index (χ2v) is 4.79. The summed E-state index contributed by atoms with van der Waals surface area (Å²) in [6, 6.07) is 8.24. The van der Waals surface area contributed by atoms with E-state index in [0.29, 0.717) is 13.0 Å². The Kier molecular flexibility index (Phi) is 4.76. The quantitative estimate of drug-likeness (QED) is 0.865. The number of nitrogens with one attached hydrogen (secondary N) is 1. The molecule has 18 heavy (non-hydrogen) atoms. The zero-order valence-corrected chi connectivity index (χ0v) is 10.9. The zero-order chi connectivity index (χ0) is 12.8. The van der Waals surface area contributed by atoms with E-state index < -0.39 is 0 Å². The normalized spacial score (nSPS) is 18.8. The second kappa shape index (κ2) is 6.55. The Morgan fingerprint density at radius 2 is 2.06 bits per heavy atom. The van der Waals surface area contributed by atoms with Crippen molar-refractivity contribution in [3.8, 4) is 0 Å². The number of rotatable bonds is 5. The number of benzene rings is 1. The molecule has 0 bridgehead atoms. The minimum Gasteiger partial charge on any atom is -0.376 e. The second-order valence-electron chi connectivity index (χ2n) is 4.79. The molecule has 0 aromatic heterocycles. The third-order valence-electron chi connectivity index (χ3n) is 3.35. The van der Waals surface area contributed by atoms with Crippen LogP contribution in [-0.2, 0) is 22.4 Å². The molecule has 0 spiro atoms. The molecule has 0 radical (unpaired) electrons. The SMILES string of the molecule is CCc1ccc(CC(=O)NC[C@H]2CCCO2)cc1. The molecule has 1 saturated heterocycles. The Morgan fingerprint density at radius 3 is 2.67 bits per heavy atom. The van der Waals surface area contributed by atoms with Crippen molar-refractivity contribution in [1.82, 2.24) is 5.32 Å². The summed E-state index contributed by atoms with van der Waals surface area (Å²) in [6.45, 7) is 3.61. The number of carbonyl (C=O) groups is 1. The van der Waals surface area contributed by atoms with Crippen LogP contribution in [0.5, 0.6) is 0 Å². The van der Waals surface area contributed by atoms with Crippen LogP contribution in [0.4, 0.5) is 0 Å². The molecule has 2 rings (SSSR count). The lowest BCUT2D eigenvalue weighted by molar-refractivity contribution is -0.120. The van der Waals surface area contributed by atoms with Gasteiger partial charge in [0.05, 0.1) is 12.5 Å². The first kappa shape index (κ1) is 13.1. The van der Waals surface area contributed by atoms with Gasteiger partial charge in [-0.2, -0.15) is 0 Å². The predicted molar refractivity (Wildman–Crippen MR) is 71.5 cm³/mol. The lowest BCUT2D eigenvalue weighted by Gasteiger charge is -2.10. The van der Waals surface area contributed by atoms with Gasteiger partial charge < -0.3 is 10.1 Å². The molecule has 1 aliphatic heterocycles. The summed E-state index contributed by atoms with van der Waals surface area (Å²) in [5.74, 6) is 0.0785. The van der Waals surface area contributed by atoms with E-state index >= 15 is 0 Å². The summed E-state index contributed by atoms with van der Waals surface area (Å²) in [7, 11) is 0. The monoisotopic (exact) mass is 247 g/mol. The third-order valence-corrected chi connectivity index (χ3v) is 3.35. The van der Waals surface area contributed by atoms with Crippen molar-refractivity contribution in [3.63, 3.8) is 0 Å². The Morgan fingerprint density at radius 1 is 1.33 bits per heavy atom. The van der Waals surface area contributed by atoms with Crippen LogP contribution in [0, 0.1) is 0 Å². The van der Waals surface area contributed by atoms with Gasteiger partial charge in [-0.1, -0.05) is 31.2 Å². The van der Waals surface area contributed by atoms with Crippen molar-refractivity contribution in [1.29, 1.82) is 0 Å². The lowest BCUT2D eigenvalue weighted by atomic mass is 10.1. The standard InChI is InChI=1S/C15H21NO2/c1-2-12-5-7-13(8-6-12)10-15(17)16-11-14-4-3-9-18-14/h5-8,14H,2-4,9-11H2,1H3,(H,16,17)/t14-/m1/s1. The van der Waals surface area contributed by atoms with Gasteiger partial charge in [0.2, 0.25) is 5.91 Å². The summed E-state index contributed by atoms with van der Waals surface area (Å²) in [5, 5.41) is 2.94. The fourth-order valence-corrected chi connectivity index (χ4v) is 2.17. The predicted octanol–water partition coefficient (Wildman–Crippen LogP) is 2.09. The van der Waals surface area contributed by atoms with Crippen LogP contribution in [0.1, 0.15) is 30.9 Å². The van der Waals surface area contributed by atoms with E-state index in [0.717, 1.165) is 31.4 Å². The Labute approximate surface area is 109 Å². The van der Waals surface area contributed by atoms with Gasteiger partial charge in [-0.25, -0.2) is 0 Å². The molecule has 3 heteroatoms. The molecule has 0 unspecified atom stereocenters. The number of aryl methyl sites for hydroxylation is 1. The summed E-state index contributed by atoms with van der Waals surface area (Å²) >= 11 is 0. The molecule has 1 aromatic carbocycles. The van der Waals surface area contributed by atoms with Gasteiger partial charge in [0, 0.05) is 13.2 Å². The fourth-order valence-electron chi connectivity index (χ4n) is 2.17. The fraction of sp³-hybridized carbons (Fsp3) is 0.533. The van der Waals surface area contributed by atoms with Gasteiger partial charge in [-0.05, 0) is 30.4 Å². The highest BCUT2D eigenvalue weighted by Crippen LogP contribution is 2.10. The number of carbonyl (C=O) groups excluding carboxylic acids is 1. The van der Waals surface area contributed by atoms with Crippen LogP contribution in [0.2, 0.25) is 0 Å². The molecule has 1 heterocycles. The van der Waals surface area contributed by atoms with Crippen molar-refractivity contribution in [2.75, 3.05) is 13.2 Å². The molecule has 0 aliphatic carbocycles. The Hall–Kier alpha value is -1.35. The highest BCUT2D eigenvalue weighted by atomic mass is 16.5. The lowest BCUT2D eigenvalue weighted by Crippen LogP contribution is -2.32. The van der Waals surface area contributed by atoms with E-state index in [1.165, 1.54) is 5.56 Å². The molecule has 1 amide bonds. The maximum Gasteiger partial charge on any atom is 0.224 e. The van der Waals surface area contributed by atoms with Gasteiger partial charge in [0.15, 0.2) is 0 Å². The zero-order valence-electron chi connectivity index (χ0n) is 10.9. The van der Waals surface area contributed by atoms with Gasteiger partial charge in [0.25, 0.3) is 0 Å². The maximum atomic E-state index is 11.8. The van der Waals surface area contributed by atoms with Crippen molar-refractivity contribution in [2.24, 2.45) is 0 Å². The van der Waals surface area contributed by atoms with Crippen LogP contribution in [0.25, 0.3) is 0 Å². The first-order valence-corrected chi connectivity index (χ1v) is 6.74. The van der Waals surface area contributed by atoms with Crippen molar-refractivity contribution < 1.29 is 9.53 Å². The molecule has 1 aliphatic rings. The molecular weight excluding hydrogens is 226 g/mol. The van der Waals surface area contributed by atoms with Crippen LogP contribution in [0.3, 0.4) is 0 Å². The maximum absolute atomic E-state index is 11.8. The minimum atomic E-state index is 0.0785. The minimum absolute atomic E-state index is 0.0785. The van der Waals surface area contributed by atoms with Crippen molar-refractivity contribution >= 4 is 5.91 Å². The molecule has 1 aromatic rings. The molecule has 1 atom stereocenters. The van der Waals surface area contributed by atoms with E-state index in [1.54, 1.807) is 0 Å². The van der Waals surface area contributed by atoms with E-state index in [9.17, 15) is 4.79 Å². The van der Waals surface area contributed by atoms with Gasteiger partial charge in [-0.3, -0.25) is 4.79 Å². The number of hydrogen-bond acceptors (Lipinski definition) is 2. The van der Waals surface area contributed by atoms with Crippen LogP contribution in [0.15, 0.2) is 24.3 Å². The van der Waals surface area contributed by atoms with Gasteiger partial charge in [-0.15, -0.1) is 0 Å². The van der Waals surface area contributed by atoms with E-state index in [-0.39, 0.29) is 12.0 Å². The molecule has 0 saturated carbocycles. The summed E-state index contributed by atoms with van der Waals surface area (Å²) in [6.07, 6.45) is 3.88. The molecule has 1 fully saturated rings. The molecule has 98 valence electrons. The summed E-state index contributed by atoms with van der Waals surface area (Å²) in [4.78, 5) is 11.8.